The first-order chi connectivity index (χ1) is 7.63. The Kier molecular flexibility index (Phi) is 3.54. The highest BCUT2D eigenvalue weighted by atomic mass is 79.9. The number of halogens is 2. The van der Waals surface area contributed by atoms with Crippen molar-refractivity contribution in [1.29, 1.82) is 0 Å². The zero-order valence-electron chi connectivity index (χ0n) is 8.32. The van der Waals surface area contributed by atoms with Crippen LogP contribution in [0.2, 0.25) is 5.02 Å². The summed E-state index contributed by atoms with van der Waals surface area (Å²) in [6.07, 6.45) is -0.0435. The first-order valence-electron chi connectivity index (χ1n) is 4.82. The molecule has 0 amide bonds. The summed E-state index contributed by atoms with van der Waals surface area (Å²) < 4.78 is 0. The molecule has 86 valence electrons. The first-order valence-corrected chi connectivity index (χ1v) is 6.32. The maximum atomic E-state index is 9.89. The predicted octanol–water partition coefficient (Wildman–Crippen LogP) is 2.61. The van der Waals surface area contributed by atoms with Gasteiger partial charge in [-0.15, -0.1) is 0 Å². The molecule has 0 aliphatic heterocycles. The number of hydrogen-bond acceptors (Lipinski definition) is 2. The predicted molar refractivity (Wildman–Crippen MR) is 68.1 cm³/mol. The lowest BCUT2D eigenvalue weighted by Crippen LogP contribution is -2.19. The van der Waals surface area contributed by atoms with Crippen molar-refractivity contribution in [3.8, 4) is 0 Å². The lowest BCUT2D eigenvalue weighted by atomic mass is 10.0. The summed E-state index contributed by atoms with van der Waals surface area (Å²) in [5.41, 5.74) is 1.45. The van der Waals surface area contributed by atoms with Crippen LogP contribution < -0.4 is 0 Å². The molecule has 0 radical (unpaired) electrons. The second-order valence-corrected chi connectivity index (χ2v) is 4.66. The minimum atomic E-state index is -0.980. The molecule has 5 heteroatoms. The van der Waals surface area contributed by atoms with Crippen LogP contribution in [0.1, 0.15) is 11.7 Å². The van der Waals surface area contributed by atoms with Gasteiger partial charge in [-0.3, -0.25) is 0 Å². The number of nitrogens with one attached hydrogen (secondary N) is 1. The number of aliphatic hydroxyl groups is 2. The van der Waals surface area contributed by atoms with E-state index in [1.807, 2.05) is 6.07 Å². The van der Waals surface area contributed by atoms with Gasteiger partial charge >= 0.3 is 0 Å². The Morgan fingerprint density at radius 3 is 2.81 bits per heavy atom. The average molecular weight is 305 g/mol. The quantitative estimate of drug-likeness (QED) is 0.764. The van der Waals surface area contributed by atoms with E-state index < -0.39 is 12.2 Å². The van der Waals surface area contributed by atoms with Crippen LogP contribution in [0, 0.1) is 0 Å². The fourth-order valence-corrected chi connectivity index (χ4v) is 2.24. The van der Waals surface area contributed by atoms with Crippen LogP contribution >= 0.6 is 27.5 Å². The third-order valence-electron chi connectivity index (χ3n) is 2.51. The molecular formula is C11H11BrClNO2. The highest BCUT2D eigenvalue weighted by Crippen LogP contribution is 2.30. The summed E-state index contributed by atoms with van der Waals surface area (Å²) in [7, 11) is 0. The number of fused-ring (bicyclic) bond motifs is 1. The molecule has 0 aliphatic rings. The number of H-pyrrole nitrogens is 1. The zero-order chi connectivity index (χ0) is 11.7. The van der Waals surface area contributed by atoms with Crippen LogP contribution in [0.5, 0.6) is 0 Å². The van der Waals surface area contributed by atoms with Crippen molar-refractivity contribution >= 4 is 38.4 Å². The number of alkyl halides is 1. The van der Waals surface area contributed by atoms with Gasteiger partial charge in [-0.2, -0.15) is 0 Å². The second kappa shape index (κ2) is 4.75. The van der Waals surface area contributed by atoms with Crippen molar-refractivity contribution in [3.05, 3.63) is 35.0 Å². The van der Waals surface area contributed by atoms with Crippen LogP contribution in [0.3, 0.4) is 0 Å². The summed E-state index contributed by atoms with van der Waals surface area (Å²) in [4.78, 5) is 3.03. The lowest BCUT2D eigenvalue weighted by molar-refractivity contribution is 0.0344. The molecule has 0 saturated heterocycles. The van der Waals surface area contributed by atoms with Gasteiger partial charge < -0.3 is 15.2 Å². The lowest BCUT2D eigenvalue weighted by Gasteiger charge is -2.17. The van der Waals surface area contributed by atoms with Crippen LogP contribution in [0.25, 0.3) is 10.9 Å². The molecule has 0 bridgehead atoms. The molecule has 3 N–H and O–H groups in total. The molecule has 3 nitrogen and oxygen atoms in total. The normalized spacial score (nSPS) is 15.2. The summed E-state index contributed by atoms with van der Waals surface area (Å²) in [5.74, 6) is 0. The second-order valence-electron chi connectivity index (χ2n) is 3.61. The smallest absolute Gasteiger partial charge is 0.107 e. The van der Waals surface area contributed by atoms with Crippen LogP contribution in [-0.2, 0) is 0 Å². The van der Waals surface area contributed by atoms with Gasteiger partial charge in [-0.1, -0.05) is 27.5 Å². The minimum Gasteiger partial charge on any atom is -0.389 e. The van der Waals surface area contributed by atoms with E-state index in [4.69, 9.17) is 11.6 Å². The zero-order valence-corrected chi connectivity index (χ0v) is 10.7. The molecule has 2 aromatic rings. The Balaban J connectivity index is 2.46. The summed E-state index contributed by atoms with van der Waals surface area (Å²) in [6, 6.07) is 5.42. The van der Waals surface area contributed by atoms with Gasteiger partial charge in [0.05, 0.1) is 6.10 Å². The first kappa shape index (κ1) is 11.9. The molecule has 1 aromatic carbocycles. The van der Waals surface area contributed by atoms with Crippen molar-refractivity contribution in [2.24, 2.45) is 0 Å². The summed E-state index contributed by atoms with van der Waals surface area (Å²) >= 11 is 9.17. The summed E-state index contributed by atoms with van der Waals surface area (Å²) in [6.45, 7) is 0. The highest BCUT2D eigenvalue weighted by molar-refractivity contribution is 9.09. The van der Waals surface area contributed by atoms with E-state index in [2.05, 4.69) is 20.9 Å². The molecule has 0 fully saturated rings. The minimum absolute atomic E-state index is 0.301. The van der Waals surface area contributed by atoms with E-state index in [9.17, 15) is 10.2 Å². The van der Waals surface area contributed by atoms with Crippen LogP contribution in [0.15, 0.2) is 24.4 Å². The Hall–Kier alpha value is -0.550. The van der Waals surface area contributed by atoms with Gasteiger partial charge in [-0.25, -0.2) is 0 Å². The highest BCUT2D eigenvalue weighted by Gasteiger charge is 2.20. The number of benzene rings is 1. The average Bonchev–Trinajstić information content (AvgIpc) is 2.72. The fraction of sp³-hybridized carbons (Fsp3) is 0.273. The molecule has 0 saturated carbocycles. The van der Waals surface area contributed by atoms with Gasteiger partial charge in [0.25, 0.3) is 0 Å². The Morgan fingerprint density at radius 2 is 2.12 bits per heavy atom. The van der Waals surface area contributed by atoms with Crippen molar-refractivity contribution < 1.29 is 10.2 Å². The molecule has 0 aliphatic carbocycles. The van der Waals surface area contributed by atoms with Crippen LogP contribution in [-0.4, -0.2) is 26.6 Å². The van der Waals surface area contributed by atoms with Crippen molar-refractivity contribution in [2.45, 2.75) is 12.2 Å². The van der Waals surface area contributed by atoms with Gasteiger partial charge in [0.2, 0.25) is 0 Å². The third kappa shape index (κ3) is 2.11. The van der Waals surface area contributed by atoms with E-state index in [-0.39, 0.29) is 0 Å². The molecule has 2 rings (SSSR count). The van der Waals surface area contributed by atoms with Crippen LogP contribution in [0.4, 0.5) is 0 Å². The number of aromatic amines is 1. The largest absolute Gasteiger partial charge is 0.389 e. The maximum Gasteiger partial charge on any atom is 0.107 e. The van der Waals surface area contributed by atoms with Crippen molar-refractivity contribution in [3.63, 3.8) is 0 Å². The Morgan fingerprint density at radius 1 is 1.38 bits per heavy atom. The third-order valence-corrected chi connectivity index (χ3v) is 3.50. The number of rotatable bonds is 3. The SMILES string of the molecule is OC(CBr)C(O)c1cc2cc[nH]c2cc1Cl. The Labute approximate surface area is 106 Å². The number of hydrogen-bond donors (Lipinski definition) is 3. The van der Waals surface area contributed by atoms with Crippen molar-refractivity contribution in [2.75, 3.05) is 5.33 Å². The van der Waals surface area contributed by atoms with Crippen molar-refractivity contribution in [1.82, 2.24) is 4.98 Å². The molecule has 16 heavy (non-hydrogen) atoms. The van der Waals surface area contributed by atoms with E-state index >= 15 is 0 Å². The fourth-order valence-electron chi connectivity index (χ4n) is 1.61. The van der Waals surface area contributed by atoms with Gasteiger partial charge in [0, 0.05) is 27.6 Å². The van der Waals surface area contributed by atoms with Gasteiger partial charge in [0.1, 0.15) is 6.10 Å². The molecule has 2 atom stereocenters. The summed E-state index contributed by atoms with van der Waals surface area (Å²) in [5, 5.41) is 21.2. The van der Waals surface area contributed by atoms with E-state index in [0.29, 0.717) is 15.9 Å². The Bertz CT molecular complexity index is 500. The topological polar surface area (TPSA) is 56.2 Å². The van der Waals surface area contributed by atoms with E-state index in [1.54, 1.807) is 18.3 Å². The molecular weight excluding hydrogens is 293 g/mol. The monoisotopic (exact) mass is 303 g/mol. The van der Waals surface area contributed by atoms with Gasteiger partial charge in [0.15, 0.2) is 0 Å². The standard InChI is InChI=1S/C11H11BrClNO2/c12-5-10(15)11(16)7-3-6-1-2-14-9(6)4-8(7)13/h1-4,10-11,14-16H,5H2. The number of aliphatic hydroxyl groups excluding tert-OH is 2. The van der Waals surface area contributed by atoms with Gasteiger partial charge in [-0.05, 0) is 23.6 Å². The van der Waals surface area contributed by atoms with E-state index in [0.717, 1.165) is 10.9 Å². The molecule has 1 aromatic heterocycles. The van der Waals surface area contributed by atoms with E-state index in [1.165, 1.54) is 0 Å². The molecule has 0 spiro atoms. The molecule has 1 heterocycles. The number of aromatic nitrogens is 1. The molecule has 2 unspecified atom stereocenters. The maximum absolute atomic E-state index is 9.89.